The van der Waals surface area contributed by atoms with Crippen molar-refractivity contribution in [1.29, 1.82) is 5.26 Å². The van der Waals surface area contributed by atoms with Crippen LogP contribution in [0.4, 0.5) is 0 Å². The van der Waals surface area contributed by atoms with Crippen molar-refractivity contribution in [3.63, 3.8) is 0 Å². The molecule has 0 bridgehead atoms. The molecule has 1 heterocycles. The van der Waals surface area contributed by atoms with E-state index in [0.29, 0.717) is 30.5 Å². The number of nitrogens with zero attached hydrogens (tertiary/aromatic N) is 3. The fourth-order valence-corrected chi connectivity index (χ4v) is 9.53. The van der Waals surface area contributed by atoms with Crippen LogP contribution in [0.25, 0.3) is 0 Å². The Morgan fingerprint density at radius 3 is 2.76 bits per heavy atom. The number of fused-ring (bicyclic) bond motifs is 5. The summed E-state index contributed by atoms with van der Waals surface area (Å²) in [5.41, 5.74) is -0.135. The first-order chi connectivity index (χ1) is 15.9. The predicted octanol–water partition coefficient (Wildman–Crippen LogP) is 5.24. The molecule has 0 amide bonds. The maximum Gasteiger partial charge on any atom is 0.138 e. The van der Waals surface area contributed by atoms with Gasteiger partial charge in [0, 0.05) is 25.8 Å². The van der Waals surface area contributed by atoms with Crippen LogP contribution < -0.4 is 0 Å². The predicted molar refractivity (Wildman–Crippen MR) is 130 cm³/mol. The topological polar surface area (TPSA) is 68.8 Å². The Balaban J connectivity index is 1.25. The van der Waals surface area contributed by atoms with Crippen molar-refractivity contribution in [3.05, 3.63) is 0 Å². The second-order valence-electron chi connectivity index (χ2n) is 12.5. The molecule has 33 heavy (non-hydrogen) atoms. The highest BCUT2D eigenvalue weighted by molar-refractivity contribution is 5.60. The van der Waals surface area contributed by atoms with Crippen LogP contribution in [-0.4, -0.2) is 47.7 Å². The van der Waals surface area contributed by atoms with Crippen LogP contribution in [0.1, 0.15) is 85.0 Å². The molecule has 0 aromatic carbocycles. The molecule has 5 rings (SSSR count). The summed E-state index contributed by atoms with van der Waals surface area (Å²) in [6.45, 7) is 9.21. The second-order valence-corrected chi connectivity index (χ2v) is 12.5. The molecule has 5 nitrogen and oxygen atoms in total. The van der Waals surface area contributed by atoms with Gasteiger partial charge in [-0.1, -0.05) is 13.8 Å². The summed E-state index contributed by atoms with van der Waals surface area (Å²) in [5.74, 6) is 5.48. The minimum Gasteiger partial charge on any atom is -0.387 e. The van der Waals surface area contributed by atoms with E-state index in [0.717, 1.165) is 55.4 Å². The van der Waals surface area contributed by atoms with Gasteiger partial charge in [0.05, 0.1) is 18.3 Å². The van der Waals surface area contributed by atoms with Crippen LogP contribution in [0.5, 0.6) is 0 Å². The van der Waals surface area contributed by atoms with Gasteiger partial charge in [-0.2, -0.15) is 10.4 Å². The van der Waals surface area contributed by atoms with E-state index in [-0.39, 0.29) is 6.04 Å². The first kappa shape index (κ1) is 23.6. The minimum absolute atomic E-state index is 0.0591. The monoisotopic (exact) mass is 455 g/mol. The Morgan fingerprint density at radius 2 is 1.97 bits per heavy atom. The number of hydrogen-bond donors (Lipinski definition) is 1. The molecular weight excluding hydrogens is 410 g/mol. The molecule has 6 unspecified atom stereocenters. The highest BCUT2D eigenvalue weighted by Gasteiger charge is 2.58. The smallest absolute Gasteiger partial charge is 0.138 e. The van der Waals surface area contributed by atoms with Gasteiger partial charge >= 0.3 is 0 Å². The zero-order valence-corrected chi connectivity index (χ0v) is 21.1. The molecule has 0 aromatic heterocycles. The summed E-state index contributed by atoms with van der Waals surface area (Å²) in [7, 11) is 0. The van der Waals surface area contributed by atoms with E-state index in [2.05, 4.69) is 30.0 Å². The van der Waals surface area contributed by atoms with E-state index in [9.17, 15) is 10.4 Å². The average molecular weight is 456 g/mol. The molecule has 184 valence electrons. The van der Waals surface area contributed by atoms with Gasteiger partial charge < -0.3 is 9.84 Å². The van der Waals surface area contributed by atoms with Crippen molar-refractivity contribution in [1.82, 2.24) is 5.01 Å². The zero-order valence-electron chi connectivity index (χ0n) is 21.1. The van der Waals surface area contributed by atoms with Crippen molar-refractivity contribution >= 4 is 6.21 Å². The summed E-state index contributed by atoms with van der Waals surface area (Å²) in [6, 6.07) is 2.37. The SMILES string of the molecule is CCOC[C@@]1(O)CCC2C(CCC3C4CC[C@H](C(C)CN5N=CCC5C#N)[C@@]4(C)CC[C@H]23)C1. The fourth-order valence-electron chi connectivity index (χ4n) is 9.53. The summed E-state index contributed by atoms with van der Waals surface area (Å²) in [4.78, 5) is 0. The van der Waals surface area contributed by atoms with Gasteiger partial charge in [0.15, 0.2) is 0 Å². The van der Waals surface area contributed by atoms with Crippen molar-refractivity contribution in [2.45, 2.75) is 96.6 Å². The number of rotatable bonds is 6. The first-order valence-corrected chi connectivity index (χ1v) is 13.9. The molecule has 4 aliphatic carbocycles. The third-order valence-electron chi connectivity index (χ3n) is 11.0. The van der Waals surface area contributed by atoms with Crippen LogP contribution in [0.2, 0.25) is 0 Å². The lowest BCUT2D eigenvalue weighted by Crippen LogP contribution is -2.52. The van der Waals surface area contributed by atoms with Crippen molar-refractivity contribution in [3.8, 4) is 6.07 Å². The van der Waals surface area contributed by atoms with E-state index >= 15 is 0 Å². The van der Waals surface area contributed by atoms with Gasteiger partial charge in [-0.05, 0) is 112 Å². The zero-order chi connectivity index (χ0) is 23.2. The van der Waals surface area contributed by atoms with Gasteiger partial charge in [0.2, 0.25) is 0 Å². The quantitative estimate of drug-likeness (QED) is 0.594. The number of ether oxygens (including phenoxy) is 1. The van der Waals surface area contributed by atoms with Crippen molar-refractivity contribution in [2.24, 2.45) is 51.9 Å². The molecule has 4 fully saturated rings. The van der Waals surface area contributed by atoms with Crippen molar-refractivity contribution in [2.75, 3.05) is 19.8 Å². The van der Waals surface area contributed by atoms with E-state index < -0.39 is 5.60 Å². The number of hydrogen-bond acceptors (Lipinski definition) is 5. The Bertz CT molecular complexity index is 780. The number of hydrazone groups is 1. The Labute approximate surface area is 200 Å². The highest BCUT2D eigenvalue weighted by atomic mass is 16.5. The molecule has 5 heteroatoms. The third-order valence-corrected chi connectivity index (χ3v) is 11.0. The first-order valence-electron chi connectivity index (χ1n) is 13.9. The number of aliphatic hydroxyl groups is 1. The summed E-state index contributed by atoms with van der Waals surface area (Å²) >= 11 is 0. The molecule has 1 aliphatic heterocycles. The van der Waals surface area contributed by atoms with Gasteiger partial charge in [-0.15, -0.1) is 0 Å². The van der Waals surface area contributed by atoms with E-state index in [1.54, 1.807) is 0 Å². The molecule has 0 radical (unpaired) electrons. The normalized spacial score (nSPS) is 47.5. The molecule has 5 aliphatic rings. The highest BCUT2D eigenvalue weighted by Crippen LogP contribution is 2.65. The van der Waals surface area contributed by atoms with E-state index in [1.165, 1.54) is 44.9 Å². The van der Waals surface area contributed by atoms with E-state index in [4.69, 9.17) is 4.74 Å². The molecule has 0 spiro atoms. The minimum atomic E-state index is -0.583. The molecule has 1 N–H and O–H groups in total. The Hall–Kier alpha value is -1.12. The third kappa shape index (κ3) is 4.14. The van der Waals surface area contributed by atoms with Crippen LogP contribution in [-0.2, 0) is 4.74 Å². The summed E-state index contributed by atoms with van der Waals surface area (Å²) < 4.78 is 5.65. The molecule has 0 aromatic rings. The van der Waals surface area contributed by atoms with Crippen LogP contribution in [0.3, 0.4) is 0 Å². The number of nitriles is 1. The lowest BCUT2D eigenvalue weighted by molar-refractivity contribution is -0.129. The van der Waals surface area contributed by atoms with Gasteiger partial charge in [0.1, 0.15) is 6.04 Å². The lowest BCUT2D eigenvalue weighted by Gasteiger charge is -2.57. The summed E-state index contributed by atoms with van der Waals surface area (Å²) in [5, 5.41) is 27.2. The largest absolute Gasteiger partial charge is 0.387 e. The Kier molecular flexibility index (Phi) is 6.55. The molecule has 4 saturated carbocycles. The van der Waals surface area contributed by atoms with Crippen molar-refractivity contribution < 1.29 is 9.84 Å². The van der Waals surface area contributed by atoms with Gasteiger partial charge in [-0.25, -0.2) is 0 Å². The standard InChI is InChI=1S/C28H45N3O2/c1-4-33-18-28(32)13-10-22-20(15-28)5-6-24-23(22)9-12-27(3)25(7-8-26(24)27)19(2)17-31-21(16-29)11-14-30-31/h14,19-26,32H,4-13,15,17-18H2,1-3H3/t19?,20?,21?,22?,23-,24?,25-,26?,27-,28-/m1/s1. The maximum atomic E-state index is 11.1. The second kappa shape index (κ2) is 9.15. The lowest BCUT2D eigenvalue weighted by atomic mass is 9.48. The summed E-state index contributed by atoms with van der Waals surface area (Å²) in [6.07, 6.45) is 13.9. The maximum absolute atomic E-state index is 11.1. The molecular formula is C28H45N3O2. The fraction of sp³-hybridized carbons (Fsp3) is 0.929. The van der Waals surface area contributed by atoms with Crippen LogP contribution in [0, 0.1) is 58.2 Å². The molecule has 10 atom stereocenters. The van der Waals surface area contributed by atoms with E-state index in [1.807, 2.05) is 13.1 Å². The van der Waals surface area contributed by atoms with Gasteiger partial charge in [0.25, 0.3) is 0 Å². The molecule has 0 saturated heterocycles. The van der Waals surface area contributed by atoms with Crippen LogP contribution >= 0.6 is 0 Å². The van der Waals surface area contributed by atoms with Gasteiger partial charge in [-0.3, -0.25) is 5.01 Å². The van der Waals surface area contributed by atoms with Crippen LogP contribution in [0.15, 0.2) is 5.10 Å². The average Bonchev–Trinajstić information content (AvgIpc) is 3.40. The Morgan fingerprint density at radius 1 is 1.15 bits per heavy atom.